The predicted molar refractivity (Wildman–Crippen MR) is 152 cm³/mol. The SMILES string of the molecule is CN1C(=O)C2(CC2)N=C1c1ccc(-c2ccc(-c3cccc(Cl)c3)cc2)cc1.O=C(C1CC1)N1CCCC1. The number of likely N-dealkylation sites (N-methyl/N-ethyl adjacent to an activating group) is 1. The smallest absolute Gasteiger partial charge is 0.255 e. The lowest BCUT2D eigenvalue weighted by molar-refractivity contribution is -0.131. The van der Waals surface area contributed by atoms with Gasteiger partial charge < -0.3 is 4.90 Å². The van der Waals surface area contributed by atoms with Crippen LogP contribution in [0.25, 0.3) is 22.3 Å². The number of amides is 2. The van der Waals surface area contributed by atoms with Crippen LogP contribution in [0, 0.1) is 5.92 Å². The Labute approximate surface area is 229 Å². The van der Waals surface area contributed by atoms with Crippen LogP contribution in [0.5, 0.6) is 0 Å². The van der Waals surface area contributed by atoms with Gasteiger partial charge in [-0.1, -0.05) is 72.3 Å². The van der Waals surface area contributed by atoms with E-state index < -0.39 is 5.54 Å². The second kappa shape index (κ2) is 10.0. The standard InChI is InChI=1S/C24H19ClN2O.C8H13NO/c1-27-22(26-24(13-14-24)23(27)28)19-11-9-17(10-12-19)16-5-7-18(8-6-16)20-3-2-4-21(25)15-20;10-8(7-3-4-7)9-5-1-2-6-9/h2-12,15H,13-14H2,1H3;7H,1-6H2. The number of hydrogen-bond acceptors (Lipinski definition) is 3. The van der Waals surface area contributed by atoms with Crippen molar-refractivity contribution in [3.8, 4) is 22.3 Å². The highest BCUT2D eigenvalue weighted by molar-refractivity contribution is 6.30. The number of hydrogen-bond donors (Lipinski definition) is 0. The van der Waals surface area contributed by atoms with Gasteiger partial charge in [0, 0.05) is 36.6 Å². The molecule has 6 heteroatoms. The third kappa shape index (κ3) is 5.00. The van der Waals surface area contributed by atoms with Crippen LogP contribution in [0.3, 0.4) is 0 Å². The molecular formula is C32H32ClN3O2. The highest BCUT2D eigenvalue weighted by Crippen LogP contribution is 2.45. The molecule has 3 fully saturated rings. The van der Waals surface area contributed by atoms with Crippen molar-refractivity contribution in [3.63, 3.8) is 0 Å². The summed E-state index contributed by atoms with van der Waals surface area (Å²) in [4.78, 5) is 32.1. The van der Waals surface area contributed by atoms with E-state index >= 15 is 0 Å². The normalized spacial score (nSPS) is 19.3. The Balaban J connectivity index is 0.000000221. The molecule has 7 rings (SSSR count). The van der Waals surface area contributed by atoms with Crippen molar-refractivity contribution in [2.24, 2.45) is 10.9 Å². The Morgan fingerprint density at radius 3 is 1.89 bits per heavy atom. The van der Waals surface area contributed by atoms with E-state index in [4.69, 9.17) is 16.6 Å². The predicted octanol–water partition coefficient (Wildman–Crippen LogP) is 6.44. The lowest BCUT2D eigenvalue weighted by atomic mass is 9.99. The molecule has 38 heavy (non-hydrogen) atoms. The van der Waals surface area contributed by atoms with Crippen molar-refractivity contribution in [3.05, 3.63) is 83.4 Å². The van der Waals surface area contributed by atoms with Gasteiger partial charge in [-0.3, -0.25) is 19.5 Å². The number of halogens is 1. The maximum Gasteiger partial charge on any atom is 0.255 e. The molecule has 194 valence electrons. The Morgan fingerprint density at radius 1 is 0.842 bits per heavy atom. The molecule has 0 N–H and O–H groups in total. The van der Waals surface area contributed by atoms with Gasteiger partial charge in [-0.2, -0.15) is 0 Å². The summed E-state index contributed by atoms with van der Waals surface area (Å²) in [7, 11) is 1.82. The van der Waals surface area contributed by atoms with E-state index in [1.807, 2.05) is 42.3 Å². The molecule has 2 heterocycles. The molecule has 4 aliphatic rings. The van der Waals surface area contributed by atoms with Crippen LogP contribution < -0.4 is 0 Å². The number of amidine groups is 1. The molecular weight excluding hydrogens is 494 g/mol. The van der Waals surface area contributed by atoms with Crippen LogP contribution >= 0.6 is 11.6 Å². The Bertz CT molecular complexity index is 1380. The molecule has 2 amide bonds. The number of likely N-dealkylation sites (tertiary alicyclic amines) is 1. The van der Waals surface area contributed by atoms with Crippen LogP contribution in [-0.2, 0) is 9.59 Å². The zero-order valence-corrected chi connectivity index (χ0v) is 22.5. The Morgan fingerprint density at radius 2 is 1.39 bits per heavy atom. The van der Waals surface area contributed by atoms with Gasteiger partial charge in [-0.25, -0.2) is 0 Å². The first-order chi connectivity index (χ1) is 18.4. The number of carbonyl (C=O) groups is 2. The number of benzene rings is 3. The quantitative estimate of drug-likeness (QED) is 0.393. The van der Waals surface area contributed by atoms with Crippen LogP contribution in [0.2, 0.25) is 5.02 Å². The summed E-state index contributed by atoms with van der Waals surface area (Å²) in [6, 6.07) is 24.6. The molecule has 3 aromatic carbocycles. The van der Waals surface area contributed by atoms with E-state index in [1.54, 1.807) is 4.90 Å². The zero-order valence-electron chi connectivity index (χ0n) is 21.7. The van der Waals surface area contributed by atoms with Crippen LogP contribution in [0.15, 0.2) is 77.8 Å². The van der Waals surface area contributed by atoms with Gasteiger partial charge in [-0.05, 0) is 72.9 Å². The molecule has 0 radical (unpaired) electrons. The molecule has 0 atom stereocenters. The first-order valence-electron chi connectivity index (χ1n) is 13.6. The second-order valence-corrected chi connectivity index (χ2v) is 11.2. The maximum absolute atomic E-state index is 12.3. The molecule has 2 aliphatic heterocycles. The Kier molecular flexibility index (Phi) is 6.56. The maximum atomic E-state index is 12.3. The summed E-state index contributed by atoms with van der Waals surface area (Å²) in [5.74, 6) is 1.77. The summed E-state index contributed by atoms with van der Waals surface area (Å²) in [5.41, 5.74) is 5.06. The fraction of sp³-hybridized carbons (Fsp3) is 0.344. The molecule has 0 unspecified atom stereocenters. The highest BCUT2D eigenvalue weighted by Gasteiger charge is 2.56. The van der Waals surface area contributed by atoms with Crippen molar-refractivity contribution in [2.45, 2.75) is 44.1 Å². The Hall–Kier alpha value is -3.44. The van der Waals surface area contributed by atoms with Crippen molar-refractivity contribution < 1.29 is 9.59 Å². The van der Waals surface area contributed by atoms with E-state index in [0.717, 1.165) is 77.4 Å². The second-order valence-electron chi connectivity index (χ2n) is 10.8. The van der Waals surface area contributed by atoms with Gasteiger partial charge in [0.25, 0.3) is 5.91 Å². The number of aliphatic imine (C=N–C) groups is 1. The lowest BCUT2D eigenvalue weighted by Crippen LogP contribution is -2.32. The summed E-state index contributed by atoms with van der Waals surface area (Å²) in [5, 5.41) is 0.739. The van der Waals surface area contributed by atoms with Crippen molar-refractivity contribution >= 4 is 29.3 Å². The average molecular weight is 526 g/mol. The summed E-state index contributed by atoms with van der Waals surface area (Å²) in [6.45, 7) is 2.05. The summed E-state index contributed by atoms with van der Waals surface area (Å²) < 4.78 is 0. The fourth-order valence-electron chi connectivity index (χ4n) is 5.30. The van der Waals surface area contributed by atoms with E-state index in [-0.39, 0.29) is 5.91 Å². The minimum atomic E-state index is -0.446. The number of rotatable bonds is 4. The van der Waals surface area contributed by atoms with Crippen LogP contribution in [0.1, 0.15) is 44.1 Å². The first-order valence-corrected chi connectivity index (χ1v) is 13.9. The van der Waals surface area contributed by atoms with Gasteiger partial charge in [0.2, 0.25) is 5.91 Å². The number of carbonyl (C=O) groups excluding carboxylic acids is 2. The van der Waals surface area contributed by atoms with Gasteiger partial charge in [-0.15, -0.1) is 0 Å². The molecule has 1 spiro atoms. The van der Waals surface area contributed by atoms with Crippen molar-refractivity contribution in [2.75, 3.05) is 20.1 Å². The summed E-state index contributed by atoms with van der Waals surface area (Å²) >= 11 is 6.10. The monoisotopic (exact) mass is 525 g/mol. The number of nitrogens with zero attached hydrogens (tertiary/aromatic N) is 3. The van der Waals surface area contributed by atoms with Gasteiger partial charge in [0.15, 0.2) is 0 Å². The van der Waals surface area contributed by atoms with Crippen LogP contribution in [-0.4, -0.2) is 53.1 Å². The van der Waals surface area contributed by atoms with Crippen LogP contribution in [0.4, 0.5) is 0 Å². The zero-order chi connectivity index (χ0) is 26.3. The molecule has 3 aromatic rings. The van der Waals surface area contributed by atoms with E-state index in [9.17, 15) is 9.59 Å². The van der Waals surface area contributed by atoms with E-state index in [0.29, 0.717) is 11.8 Å². The molecule has 5 nitrogen and oxygen atoms in total. The van der Waals surface area contributed by atoms with E-state index in [2.05, 4.69) is 42.5 Å². The fourth-order valence-corrected chi connectivity index (χ4v) is 5.49. The van der Waals surface area contributed by atoms with Gasteiger partial charge >= 0.3 is 0 Å². The topological polar surface area (TPSA) is 53.0 Å². The summed E-state index contributed by atoms with van der Waals surface area (Å²) in [6.07, 6.45) is 6.48. The van der Waals surface area contributed by atoms with E-state index in [1.165, 1.54) is 12.8 Å². The first kappa shape index (κ1) is 24.9. The largest absolute Gasteiger partial charge is 0.342 e. The average Bonchev–Trinajstić information content (AvgIpc) is 3.87. The molecule has 0 bridgehead atoms. The third-order valence-corrected chi connectivity index (χ3v) is 8.16. The van der Waals surface area contributed by atoms with Crippen molar-refractivity contribution in [1.29, 1.82) is 0 Å². The highest BCUT2D eigenvalue weighted by atomic mass is 35.5. The minimum absolute atomic E-state index is 0.128. The minimum Gasteiger partial charge on any atom is -0.342 e. The van der Waals surface area contributed by atoms with Gasteiger partial charge in [0.05, 0.1) is 0 Å². The molecule has 2 aliphatic carbocycles. The van der Waals surface area contributed by atoms with Crippen molar-refractivity contribution in [1.82, 2.24) is 9.80 Å². The lowest BCUT2D eigenvalue weighted by Gasteiger charge is -2.13. The molecule has 0 aromatic heterocycles. The molecule has 1 saturated heterocycles. The molecule has 2 saturated carbocycles. The third-order valence-electron chi connectivity index (χ3n) is 7.93. The van der Waals surface area contributed by atoms with Gasteiger partial charge in [0.1, 0.15) is 11.4 Å².